The summed E-state index contributed by atoms with van der Waals surface area (Å²) < 4.78 is 0. The number of hydrogen-bond acceptors (Lipinski definition) is 1. The Morgan fingerprint density at radius 1 is 1.86 bits per heavy atom. The average Bonchev–Trinajstić information content (AvgIpc) is 1.69. The Morgan fingerprint density at radius 3 is 3.00 bits per heavy atom. The number of aliphatic imine (C=N–C) groups is 1. The van der Waals surface area contributed by atoms with Gasteiger partial charge in [0.05, 0.1) is 11.9 Å². The summed E-state index contributed by atoms with van der Waals surface area (Å²) in [4.78, 5) is 15.6. The van der Waals surface area contributed by atoms with Crippen LogP contribution in [0.2, 0.25) is 0 Å². The molecule has 3 heteroatoms. The third-order valence-electron chi connectivity index (χ3n) is 0.529. The molecule has 0 spiro atoms. The van der Waals surface area contributed by atoms with E-state index in [2.05, 4.69) is 15.9 Å². The fourth-order valence-electron chi connectivity index (χ4n) is 0.278. The van der Waals surface area contributed by atoms with E-state index in [0.29, 0.717) is 0 Å². The molecule has 0 aliphatic carbocycles. The Morgan fingerprint density at radius 2 is 2.71 bits per heavy atom. The average molecular weight is 95.1 g/mol. The van der Waals surface area contributed by atoms with E-state index < -0.39 is 0 Å². The summed E-state index contributed by atoms with van der Waals surface area (Å²) in [6, 6.07) is -0.359. The molecule has 0 atom stereocenters. The van der Waals surface area contributed by atoms with Crippen LogP contribution in [0.1, 0.15) is 0 Å². The number of urea groups is 1. The van der Waals surface area contributed by atoms with Crippen LogP contribution in [0.3, 0.4) is 0 Å². The minimum absolute atomic E-state index is 0.359. The summed E-state index contributed by atoms with van der Waals surface area (Å²) in [7, 11) is 0. The van der Waals surface area contributed by atoms with Crippen molar-refractivity contribution in [2.75, 3.05) is 0 Å². The summed E-state index contributed by atoms with van der Waals surface area (Å²) in [5.74, 6) is 2.46. The Bertz CT molecular complexity index is 174. The first kappa shape index (κ1) is 3.96. The molecule has 0 aromatic carbocycles. The quantitative estimate of drug-likeness (QED) is 0.391. The van der Waals surface area contributed by atoms with Gasteiger partial charge in [-0.15, -0.1) is 0 Å². The second kappa shape index (κ2) is 1.49. The van der Waals surface area contributed by atoms with Gasteiger partial charge in [-0.3, -0.25) is 0 Å². The van der Waals surface area contributed by atoms with E-state index in [1.165, 1.54) is 12.3 Å². The monoisotopic (exact) mass is 95.0 g/mol. The van der Waals surface area contributed by atoms with E-state index in [0.717, 1.165) is 0 Å². The third kappa shape index (κ3) is 0.809. The van der Waals surface area contributed by atoms with Crippen LogP contribution in [-0.2, 0) is 0 Å². The van der Waals surface area contributed by atoms with Gasteiger partial charge in [0.15, 0.2) is 6.21 Å². The molecule has 0 fully saturated rings. The molecule has 3 nitrogen and oxygen atoms in total. The zero-order valence-corrected chi connectivity index (χ0v) is 3.51. The summed E-state index contributed by atoms with van der Waals surface area (Å²) >= 11 is 0. The number of carbonyl (C=O) groups is 1. The molecule has 7 heavy (non-hydrogen) atoms. The van der Waals surface area contributed by atoms with Gasteiger partial charge in [-0.05, 0) is 4.99 Å². The topological polar surface area (TPSA) is 43.4 Å². The molecule has 0 unspecified atom stereocenters. The highest BCUT2D eigenvalue weighted by molar-refractivity contribution is 5.91. The van der Waals surface area contributed by atoms with Crippen molar-refractivity contribution in [2.45, 2.75) is 0 Å². The van der Waals surface area contributed by atoms with Crippen molar-refractivity contribution in [1.82, 2.24) is 0 Å². The molecule has 0 saturated carbocycles. The van der Waals surface area contributed by atoms with Crippen LogP contribution in [-0.4, -0.2) is 18.1 Å². The fourth-order valence-corrected chi connectivity index (χ4v) is 0.278. The maximum atomic E-state index is 10.1. The summed E-state index contributed by atoms with van der Waals surface area (Å²) in [5, 5.41) is 0. The second-order valence-electron chi connectivity index (χ2n) is 1.02. The van der Waals surface area contributed by atoms with Crippen LogP contribution in [0.25, 0.3) is 0 Å². The molecule has 0 saturated heterocycles. The van der Waals surface area contributed by atoms with E-state index in [9.17, 15) is 4.79 Å². The molecule has 0 radical (unpaired) electrons. The molecule has 1 heterocycles. The predicted molar refractivity (Wildman–Crippen MR) is 24.4 cm³/mol. The van der Waals surface area contributed by atoms with Crippen molar-refractivity contribution in [3.8, 4) is 0 Å². The van der Waals surface area contributed by atoms with Crippen LogP contribution in [0.5, 0.6) is 0 Å². The highest BCUT2D eigenvalue weighted by atomic mass is 16.2. The molecule has 34 valence electrons. The molecule has 2 amide bonds. The number of hydrogen-bond donors (Lipinski definition) is 1. The number of rotatable bonds is 0. The highest BCUT2D eigenvalue weighted by Crippen LogP contribution is 1.62. The molecule has 0 aromatic heterocycles. The Kier molecular flexibility index (Phi) is 0.845. The summed E-state index contributed by atoms with van der Waals surface area (Å²) in [6.07, 6.45) is 2.92. The molecule has 1 rings (SSSR count). The lowest BCUT2D eigenvalue weighted by molar-refractivity contribution is -0.330. The Balaban J connectivity index is 2.98. The predicted octanol–water partition coefficient (Wildman–Crippen LogP) is -1.50. The van der Waals surface area contributed by atoms with Crippen LogP contribution in [0, 0.1) is 0 Å². The van der Waals surface area contributed by atoms with Gasteiger partial charge in [-0.1, -0.05) is 0 Å². The summed E-state index contributed by atoms with van der Waals surface area (Å²) in [5.41, 5.74) is 0. The second-order valence-corrected chi connectivity index (χ2v) is 1.02. The molecule has 1 N–H and O–H groups in total. The smallest absolute Gasteiger partial charge is 0.192 e. The zero-order chi connectivity index (χ0) is 5.11. The molecule has 0 bridgehead atoms. The molecule has 1 aliphatic rings. The van der Waals surface area contributed by atoms with Crippen molar-refractivity contribution in [3.05, 3.63) is 6.08 Å². The van der Waals surface area contributed by atoms with E-state index in [1.54, 1.807) is 0 Å². The first-order valence-corrected chi connectivity index (χ1v) is 1.81. The number of carbonyl (C=O) groups excluding carboxylic acids is 1. The van der Waals surface area contributed by atoms with Gasteiger partial charge < -0.3 is 0 Å². The lowest BCUT2D eigenvalue weighted by atomic mass is 10.6. The third-order valence-corrected chi connectivity index (χ3v) is 0.529. The standard InChI is InChI=1S/C4H2N2O/c7-4-5-2-1-3-6-4/h1-2H/p+1. The maximum Gasteiger partial charge on any atom is 0.545 e. The van der Waals surface area contributed by atoms with E-state index in [4.69, 9.17) is 0 Å². The van der Waals surface area contributed by atoms with Gasteiger partial charge in [-0.25, -0.2) is 0 Å². The lowest BCUT2D eigenvalue weighted by Gasteiger charge is -1.67. The van der Waals surface area contributed by atoms with Gasteiger partial charge in [0.25, 0.3) is 0 Å². The SMILES string of the molecule is O=C1N=CC=C=[NH+]1. The van der Waals surface area contributed by atoms with Crippen molar-refractivity contribution >= 4 is 18.1 Å². The molecule has 0 aromatic rings. The fraction of sp³-hybridized carbons (Fsp3) is 0. The first-order chi connectivity index (χ1) is 3.39. The van der Waals surface area contributed by atoms with Crippen molar-refractivity contribution in [3.63, 3.8) is 0 Å². The van der Waals surface area contributed by atoms with Crippen LogP contribution >= 0.6 is 0 Å². The first-order valence-electron chi connectivity index (χ1n) is 1.81. The normalized spacial score (nSPS) is 15.7. The Labute approximate surface area is 40.1 Å². The van der Waals surface area contributed by atoms with Gasteiger partial charge in [0.2, 0.25) is 0 Å². The largest absolute Gasteiger partial charge is 0.545 e. The van der Waals surface area contributed by atoms with Crippen LogP contribution in [0.4, 0.5) is 4.79 Å². The maximum absolute atomic E-state index is 10.1. The van der Waals surface area contributed by atoms with E-state index in [1.807, 2.05) is 0 Å². The Hall–Kier alpha value is -1.21. The minimum Gasteiger partial charge on any atom is -0.192 e. The van der Waals surface area contributed by atoms with Crippen molar-refractivity contribution < 1.29 is 9.79 Å². The van der Waals surface area contributed by atoms with Crippen molar-refractivity contribution in [1.29, 1.82) is 0 Å². The van der Waals surface area contributed by atoms with Crippen LogP contribution < -0.4 is 4.99 Å². The van der Waals surface area contributed by atoms with Gasteiger partial charge >= 0.3 is 6.03 Å². The lowest BCUT2D eigenvalue weighted by Crippen LogP contribution is -2.71. The van der Waals surface area contributed by atoms with Gasteiger partial charge in [0, 0.05) is 0 Å². The van der Waals surface area contributed by atoms with Gasteiger partial charge in [-0.2, -0.15) is 9.79 Å². The zero-order valence-electron chi connectivity index (χ0n) is 3.51. The number of nitrogens with one attached hydrogen (secondary N) is 1. The molecular weight excluding hydrogens is 92.1 g/mol. The highest BCUT2D eigenvalue weighted by Gasteiger charge is 2.00. The molecule has 1 aliphatic heterocycles. The summed E-state index contributed by atoms with van der Waals surface area (Å²) in [6.45, 7) is 0. The number of allylic oxidation sites excluding steroid dienone is 1. The van der Waals surface area contributed by atoms with Crippen molar-refractivity contribution in [2.24, 2.45) is 4.99 Å². The molecular formula is C4H3N2O+. The number of amides is 2. The van der Waals surface area contributed by atoms with Gasteiger partial charge in [0.1, 0.15) is 0 Å². The van der Waals surface area contributed by atoms with E-state index >= 15 is 0 Å². The van der Waals surface area contributed by atoms with E-state index in [-0.39, 0.29) is 6.03 Å². The number of nitrogens with zero attached hydrogens (tertiary/aromatic N) is 1. The van der Waals surface area contributed by atoms with Crippen LogP contribution in [0.15, 0.2) is 11.1 Å². The minimum atomic E-state index is -0.359.